The minimum absolute atomic E-state index is 0.253. The van der Waals surface area contributed by atoms with Gasteiger partial charge in [-0.2, -0.15) is 4.98 Å². The molecule has 1 aromatic heterocycles. The SMILES string of the molecule is Cc1noc(CCNC(=O)C2[C@@H]3[C@H]4CC[C@@H](C4)[C@@H]23)n1. The normalized spacial score (nSPS) is 38.3. The zero-order valence-corrected chi connectivity index (χ0v) is 11.1. The van der Waals surface area contributed by atoms with Gasteiger partial charge in [0.05, 0.1) is 0 Å². The van der Waals surface area contributed by atoms with E-state index in [-0.39, 0.29) is 5.91 Å². The molecule has 0 unspecified atom stereocenters. The van der Waals surface area contributed by atoms with Crippen LogP contribution in [0.2, 0.25) is 0 Å². The fourth-order valence-electron chi connectivity index (χ4n) is 4.53. The fourth-order valence-corrected chi connectivity index (χ4v) is 4.53. The lowest BCUT2D eigenvalue weighted by molar-refractivity contribution is -0.123. The Labute approximate surface area is 112 Å². The van der Waals surface area contributed by atoms with Crippen LogP contribution in [0, 0.1) is 36.5 Å². The summed E-state index contributed by atoms with van der Waals surface area (Å²) in [5, 5.41) is 6.77. The summed E-state index contributed by atoms with van der Waals surface area (Å²) < 4.78 is 5.03. The van der Waals surface area contributed by atoms with Crippen LogP contribution in [0.1, 0.15) is 31.0 Å². The van der Waals surface area contributed by atoms with Gasteiger partial charge < -0.3 is 9.84 Å². The monoisotopic (exact) mass is 261 g/mol. The van der Waals surface area contributed by atoms with Crippen LogP contribution in [-0.2, 0) is 11.2 Å². The van der Waals surface area contributed by atoms with Crippen molar-refractivity contribution in [3.63, 3.8) is 0 Å². The van der Waals surface area contributed by atoms with Gasteiger partial charge in [0, 0.05) is 18.9 Å². The molecule has 5 heteroatoms. The number of aromatic nitrogens is 2. The topological polar surface area (TPSA) is 68.0 Å². The van der Waals surface area contributed by atoms with Crippen molar-refractivity contribution < 1.29 is 9.32 Å². The molecule has 0 radical (unpaired) electrons. The van der Waals surface area contributed by atoms with Crippen molar-refractivity contribution in [1.82, 2.24) is 15.5 Å². The van der Waals surface area contributed by atoms with E-state index in [1.165, 1.54) is 19.3 Å². The molecule has 2 bridgehead atoms. The molecule has 19 heavy (non-hydrogen) atoms. The van der Waals surface area contributed by atoms with Gasteiger partial charge in [-0.05, 0) is 49.9 Å². The van der Waals surface area contributed by atoms with E-state index in [0.717, 1.165) is 11.8 Å². The maximum absolute atomic E-state index is 12.2. The standard InChI is InChI=1S/C14H19N3O2/c1-7-16-10(19-17-7)4-5-15-14(18)13-11-8-2-3-9(6-8)12(11)13/h8-9,11-13H,2-6H2,1H3,(H,15,18)/t8-,9-,11+,12+/m0/s1. The van der Waals surface area contributed by atoms with Crippen LogP contribution < -0.4 is 5.32 Å². The average Bonchev–Trinajstić information content (AvgIpc) is 2.74. The highest BCUT2D eigenvalue weighted by atomic mass is 16.5. The van der Waals surface area contributed by atoms with E-state index in [4.69, 9.17) is 4.52 Å². The zero-order valence-electron chi connectivity index (χ0n) is 11.1. The van der Waals surface area contributed by atoms with Gasteiger partial charge in [0.2, 0.25) is 11.8 Å². The molecule has 3 fully saturated rings. The number of nitrogens with zero attached hydrogens (tertiary/aromatic N) is 2. The highest BCUT2D eigenvalue weighted by Crippen LogP contribution is 2.69. The lowest BCUT2D eigenvalue weighted by Gasteiger charge is -2.08. The first-order valence-corrected chi connectivity index (χ1v) is 7.31. The number of fused-ring (bicyclic) bond motifs is 5. The highest BCUT2D eigenvalue weighted by Gasteiger charge is 2.67. The third kappa shape index (κ3) is 1.78. The number of carbonyl (C=O) groups excluding carboxylic acids is 1. The number of rotatable bonds is 4. The molecule has 0 saturated heterocycles. The van der Waals surface area contributed by atoms with Gasteiger partial charge >= 0.3 is 0 Å². The van der Waals surface area contributed by atoms with Crippen molar-refractivity contribution >= 4 is 5.91 Å². The number of carbonyl (C=O) groups is 1. The lowest BCUT2D eigenvalue weighted by atomic mass is 10.0. The number of nitrogens with one attached hydrogen (secondary N) is 1. The molecule has 0 aromatic carbocycles. The van der Waals surface area contributed by atoms with E-state index < -0.39 is 0 Å². The predicted molar refractivity (Wildman–Crippen MR) is 67.0 cm³/mol. The number of aryl methyl sites for hydroxylation is 1. The quantitative estimate of drug-likeness (QED) is 0.887. The van der Waals surface area contributed by atoms with Gasteiger partial charge in [-0.3, -0.25) is 4.79 Å². The molecule has 1 N–H and O–H groups in total. The van der Waals surface area contributed by atoms with Crippen LogP contribution in [-0.4, -0.2) is 22.6 Å². The van der Waals surface area contributed by atoms with Crippen molar-refractivity contribution in [3.05, 3.63) is 11.7 Å². The molecule has 3 aliphatic carbocycles. The van der Waals surface area contributed by atoms with Gasteiger partial charge in [0.1, 0.15) is 0 Å². The molecule has 0 spiro atoms. The van der Waals surface area contributed by atoms with Crippen molar-refractivity contribution in [2.24, 2.45) is 29.6 Å². The maximum Gasteiger partial charge on any atom is 0.228 e. The first-order valence-electron chi connectivity index (χ1n) is 7.31. The van der Waals surface area contributed by atoms with Crippen LogP contribution in [0.3, 0.4) is 0 Å². The van der Waals surface area contributed by atoms with E-state index in [2.05, 4.69) is 15.5 Å². The van der Waals surface area contributed by atoms with Crippen LogP contribution in [0.15, 0.2) is 4.52 Å². The summed E-state index contributed by atoms with van der Waals surface area (Å²) in [6.45, 7) is 2.40. The van der Waals surface area contributed by atoms with E-state index in [1.807, 2.05) is 0 Å². The first kappa shape index (κ1) is 11.4. The Morgan fingerprint density at radius 2 is 2.11 bits per heavy atom. The summed E-state index contributed by atoms with van der Waals surface area (Å²) in [6.07, 6.45) is 4.73. The second-order valence-electron chi connectivity index (χ2n) is 6.29. The first-order chi connectivity index (χ1) is 9.24. The molecular weight excluding hydrogens is 242 g/mol. The average molecular weight is 261 g/mol. The number of hydrogen-bond acceptors (Lipinski definition) is 4. The van der Waals surface area contributed by atoms with E-state index >= 15 is 0 Å². The second kappa shape index (κ2) is 4.05. The van der Waals surface area contributed by atoms with Gasteiger partial charge in [0.25, 0.3) is 0 Å². The molecule has 4 rings (SSSR count). The van der Waals surface area contributed by atoms with E-state index in [0.29, 0.717) is 42.4 Å². The molecule has 102 valence electrons. The van der Waals surface area contributed by atoms with E-state index in [1.54, 1.807) is 6.92 Å². The minimum Gasteiger partial charge on any atom is -0.355 e. The Kier molecular flexibility index (Phi) is 2.44. The van der Waals surface area contributed by atoms with E-state index in [9.17, 15) is 4.79 Å². The smallest absolute Gasteiger partial charge is 0.228 e. The summed E-state index contributed by atoms with van der Waals surface area (Å²) in [5.41, 5.74) is 0. The molecule has 5 nitrogen and oxygen atoms in total. The van der Waals surface area contributed by atoms with Crippen LogP contribution in [0.25, 0.3) is 0 Å². The molecular formula is C14H19N3O2. The molecule has 3 aliphatic rings. The van der Waals surface area contributed by atoms with Gasteiger partial charge in [-0.25, -0.2) is 0 Å². The van der Waals surface area contributed by atoms with Crippen LogP contribution >= 0.6 is 0 Å². The van der Waals surface area contributed by atoms with Crippen molar-refractivity contribution in [2.45, 2.75) is 32.6 Å². The molecule has 1 aromatic rings. The van der Waals surface area contributed by atoms with Gasteiger partial charge in [-0.15, -0.1) is 0 Å². The molecule has 0 aliphatic heterocycles. The summed E-state index contributed by atoms with van der Waals surface area (Å²) in [6, 6.07) is 0. The van der Waals surface area contributed by atoms with Crippen molar-refractivity contribution in [3.8, 4) is 0 Å². The Bertz CT molecular complexity index is 497. The Hall–Kier alpha value is -1.39. The molecule has 3 saturated carbocycles. The van der Waals surface area contributed by atoms with Crippen molar-refractivity contribution in [1.29, 1.82) is 0 Å². The lowest BCUT2D eigenvalue weighted by Crippen LogP contribution is -2.29. The summed E-state index contributed by atoms with van der Waals surface area (Å²) in [5.74, 6) is 4.95. The summed E-state index contributed by atoms with van der Waals surface area (Å²) in [7, 11) is 0. The molecule has 4 atom stereocenters. The summed E-state index contributed by atoms with van der Waals surface area (Å²) >= 11 is 0. The highest BCUT2D eigenvalue weighted by molar-refractivity contribution is 5.82. The molecule has 1 amide bonds. The Morgan fingerprint density at radius 1 is 1.37 bits per heavy atom. The Morgan fingerprint density at radius 3 is 2.74 bits per heavy atom. The minimum atomic E-state index is 0.253. The Balaban J connectivity index is 1.27. The van der Waals surface area contributed by atoms with Crippen LogP contribution in [0.5, 0.6) is 0 Å². The van der Waals surface area contributed by atoms with Gasteiger partial charge in [-0.1, -0.05) is 5.16 Å². The number of hydrogen-bond donors (Lipinski definition) is 1. The third-order valence-corrected chi connectivity index (χ3v) is 5.25. The maximum atomic E-state index is 12.2. The summed E-state index contributed by atoms with van der Waals surface area (Å²) in [4.78, 5) is 16.3. The predicted octanol–water partition coefficient (Wildman–Crippen LogP) is 1.33. The third-order valence-electron chi connectivity index (χ3n) is 5.25. The molecule has 1 heterocycles. The largest absolute Gasteiger partial charge is 0.355 e. The second-order valence-corrected chi connectivity index (χ2v) is 6.29. The fraction of sp³-hybridized carbons (Fsp3) is 0.786. The van der Waals surface area contributed by atoms with Gasteiger partial charge in [0.15, 0.2) is 5.82 Å². The zero-order chi connectivity index (χ0) is 13.0. The van der Waals surface area contributed by atoms with Crippen LogP contribution in [0.4, 0.5) is 0 Å². The number of amides is 1. The van der Waals surface area contributed by atoms with Crippen molar-refractivity contribution in [2.75, 3.05) is 6.54 Å².